The molecule has 1 saturated heterocycles. The van der Waals surface area contributed by atoms with E-state index in [1.165, 1.54) is 0 Å². The van der Waals surface area contributed by atoms with Crippen molar-refractivity contribution < 1.29 is 14.1 Å². The molecular weight excluding hydrogens is 234 g/mol. The first-order valence-electron chi connectivity index (χ1n) is 5.92. The first-order valence-corrected chi connectivity index (χ1v) is 5.92. The number of amides is 2. The van der Waals surface area contributed by atoms with Crippen molar-refractivity contribution in [2.45, 2.75) is 32.7 Å². The summed E-state index contributed by atoms with van der Waals surface area (Å²) in [5.74, 6) is 0.636. The molecule has 1 aromatic rings. The van der Waals surface area contributed by atoms with Gasteiger partial charge in [-0.2, -0.15) is 0 Å². The Morgan fingerprint density at radius 3 is 2.78 bits per heavy atom. The number of aryl methyl sites for hydroxylation is 2. The molecule has 2 amide bonds. The first-order chi connectivity index (χ1) is 8.47. The number of nitrogens with one attached hydrogen (secondary N) is 1. The van der Waals surface area contributed by atoms with E-state index in [0.29, 0.717) is 18.7 Å². The lowest BCUT2D eigenvalue weighted by molar-refractivity contribution is -0.126. The Bertz CT molecular complexity index is 461. The summed E-state index contributed by atoms with van der Waals surface area (Å²) in [5.41, 5.74) is 1.56. The van der Waals surface area contributed by atoms with Crippen LogP contribution in [0.4, 0.5) is 0 Å². The van der Waals surface area contributed by atoms with Gasteiger partial charge in [0.05, 0.1) is 18.2 Å². The van der Waals surface area contributed by atoms with E-state index in [4.69, 9.17) is 4.52 Å². The van der Waals surface area contributed by atoms with Crippen molar-refractivity contribution in [2.24, 2.45) is 0 Å². The molecule has 1 unspecified atom stereocenters. The van der Waals surface area contributed by atoms with Gasteiger partial charge in [0.15, 0.2) is 0 Å². The normalized spacial score (nSPS) is 19.4. The van der Waals surface area contributed by atoms with Gasteiger partial charge in [0.2, 0.25) is 11.8 Å². The molecule has 0 radical (unpaired) electrons. The van der Waals surface area contributed by atoms with Gasteiger partial charge in [-0.1, -0.05) is 5.16 Å². The van der Waals surface area contributed by atoms with Crippen LogP contribution in [-0.4, -0.2) is 41.5 Å². The number of hydrogen-bond acceptors (Lipinski definition) is 4. The van der Waals surface area contributed by atoms with Crippen LogP contribution in [-0.2, 0) is 16.0 Å². The van der Waals surface area contributed by atoms with Crippen LogP contribution in [0.3, 0.4) is 0 Å². The molecule has 1 aromatic heterocycles. The molecule has 18 heavy (non-hydrogen) atoms. The van der Waals surface area contributed by atoms with Crippen LogP contribution in [0.15, 0.2) is 4.52 Å². The molecule has 1 aliphatic heterocycles. The van der Waals surface area contributed by atoms with Gasteiger partial charge in [-0.3, -0.25) is 9.59 Å². The molecule has 2 rings (SSSR count). The molecule has 1 N–H and O–H groups in total. The average Bonchev–Trinajstić information content (AvgIpc) is 2.76. The van der Waals surface area contributed by atoms with Crippen LogP contribution in [0, 0.1) is 13.8 Å². The molecule has 0 bridgehead atoms. The maximum Gasteiger partial charge on any atom is 0.224 e. The third-order valence-corrected chi connectivity index (χ3v) is 3.22. The molecular formula is C12H17N3O3. The molecule has 98 valence electrons. The van der Waals surface area contributed by atoms with E-state index in [1.54, 1.807) is 18.9 Å². The Morgan fingerprint density at radius 1 is 1.56 bits per heavy atom. The minimum Gasteiger partial charge on any atom is -0.361 e. The minimum absolute atomic E-state index is 0.0673. The van der Waals surface area contributed by atoms with Gasteiger partial charge < -0.3 is 14.7 Å². The van der Waals surface area contributed by atoms with Gasteiger partial charge in [-0.25, -0.2) is 0 Å². The van der Waals surface area contributed by atoms with E-state index in [9.17, 15) is 9.59 Å². The minimum atomic E-state index is -0.0995. The quantitative estimate of drug-likeness (QED) is 0.831. The maximum absolute atomic E-state index is 11.9. The maximum atomic E-state index is 11.9. The summed E-state index contributed by atoms with van der Waals surface area (Å²) in [6, 6.07) is -0.0875. The third kappa shape index (κ3) is 2.52. The van der Waals surface area contributed by atoms with Crippen LogP contribution >= 0.6 is 0 Å². The van der Waals surface area contributed by atoms with E-state index < -0.39 is 0 Å². The lowest BCUT2D eigenvalue weighted by Crippen LogP contribution is -2.37. The van der Waals surface area contributed by atoms with Crippen molar-refractivity contribution in [3.05, 3.63) is 17.0 Å². The van der Waals surface area contributed by atoms with Crippen LogP contribution < -0.4 is 5.32 Å². The zero-order chi connectivity index (χ0) is 13.3. The van der Waals surface area contributed by atoms with E-state index >= 15 is 0 Å². The summed E-state index contributed by atoms with van der Waals surface area (Å²) in [7, 11) is 1.74. The Hall–Kier alpha value is -1.85. The second-order valence-electron chi connectivity index (χ2n) is 4.72. The van der Waals surface area contributed by atoms with Crippen molar-refractivity contribution in [3.63, 3.8) is 0 Å². The van der Waals surface area contributed by atoms with Gasteiger partial charge in [0.1, 0.15) is 5.76 Å². The van der Waals surface area contributed by atoms with Gasteiger partial charge in [0.25, 0.3) is 0 Å². The fourth-order valence-corrected chi connectivity index (χ4v) is 2.15. The number of likely N-dealkylation sites (tertiary alicyclic amines) is 1. The van der Waals surface area contributed by atoms with E-state index in [2.05, 4.69) is 10.5 Å². The highest BCUT2D eigenvalue weighted by atomic mass is 16.5. The molecule has 2 heterocycles. The topological polar surface area (TPSA) is 75.4 Å². The van der Waals surface area contributed by atoms with E-state index in [0.717, 1.165) is 11.3 Å². The summed E-state index contributed by atoms with van der Waals surface area (Å²) < 4.78 is 5.01. The number of carbonyl (C=O) groups is 2. The zero-order valence-electron chi connectivity index (χ0n) is 10.8. The summed E-state index contributed by atoms with van der Waals surface area (Å²) in [4.78, 5) is 24.8. The standard InChI is InChI=1S/C12H17N3O3/c1-7-10(8(2)18-14-7)5-11(16)13-9-4-12(17)15(3)6-9/h9H,4-6H2,1-3H3,(H,13,16). The van der Waals surface area contributed by atoms with Crippen LogP contribution in [0.2, 0.25) is 0 Å². The third-order valence-electron chi connectivity index (χ3n) is 3.22. The average molecular weight is 251 g/mol. The molecule has 1 atom stereocenters. The van der Waals surface area contributed by atoms with Crippen LogP contribution in [0.1, 0.15) is 23.4 Å². The lowest BCUT2D eigenvalue weighted by atomic mass is 10.1. The zero-order valence-corrected chi connectivity index (χ0v) is 10.8. The molecule has 1 fully saturated rings. The first kappa shape index (κ1) is 12.6. The second kappa shape index (κ2) is 4.80. The summed E-state index contributed by atoms with van der Waals surface area (Å²) >= 11 is 0. The highest BCUT2D eigenvalue weighted by molar-refractivity contribution is 5.83. The van der Waals surface area contributed by atoms with Crippen LogP contribution in [0.5, 0.6) is 0 Å². The molecule has 6 heteroatoms. The Labute approximate surface area is 105 Å². The van der Waals surface area contributed by atoms with E-state index in [-0.39, 0.29) is 24.3 Å². The number of nitrogens with zero attached hydrogens (tertiary/aromatic N) is 2. The van der Waals surface area contributed by atoms with Crippen molar-refractivity contribution in [3.8, 4) is 0 Å². The van der Waals surface area contributed by atoms with E-state index in [1.807, 2.05) is 6.92 Å². The number of carbonyl (C=O) groups excluding carboxylic acids is 2. The number of aromatic nitrogens is 1. The predicted octanol–water partition coefficient (Wildman–Crippen LogP) is 0.181. The van der Waals surface area contributed by atoms with Crippen molar-refractivity contribution in [1.29, 1.82) is 0 Å². The largest absolute Gasteiger partial charge is 0.361 e. The SMILES string of the molecule is Cc1noc(C)c1CC(=O)NC1CC(=O)N(C)C1. The molecule has 0 aliphatic carbocycles. The smallest absolute Gasteiger partial charge is 0.224 e. The summed E-state index contributed by atoms with van der Waals surface area (Å²) in [6.07, 6.45) is 0.624. The lowest BCUT2D eigenvalue weighted by Gasteiger charge is -2.12. The van der Waals surface area contributed by atoms with Gasteiger partial charge in [-0.15, -0.1) is 0 Å². The van der Waals surface area contributed by atoms with Gasteiger partial charge in [-0.05, 0) is 13.8 Å². The highest BCUT2D eigenvalue weighted by Gasteiger charge is 2.28. The second-order valence-corrected chi connectivity index (χ2v) is 4.72. The van der Waals surface area contributed by atoms with Gasteiger partial charge in [0, 0.05) is 25.6 Å². The van der Waals surface area contributed by atoms with Crippen LogP contribution in [0.25, 0.3) is 0 Å². The molecule has 6 nitrogen and oxygen atoms in total. The van der Waals surface area contributed by atoms with Gasteiger partial charge >= 0.3 is 0 Å². The van der Waals surface area contributed by atoms with Crippen molar-refractivity contribution in [2.75, 3.05) is 13.6 Å². The summed E-state index contributed by atoms with van der Waals surface area (Å²) in [5, 5.41) is 6.67. The summed E-state index contributed by atoms with van der Waals surface area (Å²) in [6.45, 7) is 4.17. The number of hydrogen-bond donors (Lipinski definition) is 1. The predicted molar refractivity (Wildman–Crippen MR) is 63.9 cm³/mol. The fraction of sp³-hybridized carbons (Fsp3) is 0.583. The molecule has 1 aliphatic rings. The molecule has 0 saturated carbocycles. The number of rotatable bonds is 3. The van der Waals surface area contributed by atoms with Crippen molar-refractivity contribution >= 4 is 11.8 Å². The highest BCUT2D eigenvalue weighted by Crippen LogP contribution is 2.13. The molecule has 0 aromatic carbocycles. The number of likely N-dealkylation sites (N-methyl/N-ethyl adjacent to an activating group) is 1. The fourth-order valence-electron chi connectivity index (χ4n) is 2.15. The Morgan fingerprint density at radius 2 is 2.28 bits per heavy atom. The Kier molecular flexibility index (Phi) is 3.36. The molecule has 0 spiro atoms. The van der Waals surface area contributed by atoms with Crippen molar-refractivity contribution in [1.82, 2.24) is 15.4 Å². The monoisotopic (exact) mass is 251 g/mol. The Balaban J connectivity index is 1.92.